The number of ketones is 1. The molecule has 0 aliphatic carbocycles. The minimum atomic E-state index is -0.302. The number of rotatable bonds is 6. The minimum absolute atomic E-state index is 0.0924. The third-order valence-electron chi connectivity index (χ3n) is 3.33. The number of carbonyl (C=O) groups excluding carboxylic acids is 3. The zero-order valence-electron chi connectivity index (χ0n) is 13.8. The molecule has 2 rings (SSSR count). The maximum Gasteiger partial charge on any atom is 0.231 e. The number of hydrogen-bond acceptors (Lipinski definition) is 3. The van der Waals surface area contributed by atoms with Crippen molar-refractivity contribution in [1.29, 1.82) is 0 Å². The molecular weight excluding hydrogens is 304 g/mol. The van der Waals surface area contributed by atoms with Gasteiger partial charge in [0.2, 0.25) is 11.8 Å². The first-order valence-electron chi connectivity index (χ1n) is 7.67. The molecule has 0 saturated heterocycles. The molecule has 5 nitrogen and oxygen atoms in total. The molecule has 0 aliphatic heterocycles. The molecule has 2 aromatic rings. The summed E-state index contributed by atoms with van der Waals surface area (Å²) in [6, 6.07) is 15.2. The Morgan fingerprint density at radius 2 is 1.21 bits per heavy atom. The molecule has 0 heterocycles. The van der Waals surface area contributed by atoms with Crippen molar-refractivity contribution in [2.75, 3.05) is 10.6 Å². The van der Waals surface area contributed by atoms with E-state index in [0.29, 0.717) is 5.69 Å². The highest BCUT2D eigenvalue weighted by Crippen LogP contribution is 2.16. The normalized spacial score (nSPS) is 10.1. The molecule has 5 heteroatoms. The number of benzene rings is 2. The fourth-order valence-electron chi connectivity index (χ4n) is 2.28. The number of nitrogens with one attached hydrogen (secondary N) is 2. The second-order valence-electron chi connectivity index (χ2n) is 5.68. The van der Waals surface area contributed by atoms with E-state index in [1.807, 2.05) is 48.5 Å². The van der Waals surface area contributed by atoms with Gasteiger partial charge in [0.15, 0.2) is 0 Å². The monoisotopic (exact) mass is 324 g/mol. The molecule has 0 bridgehead atoms. The number of anilines is 2. The van der Waals surface area contributed by atoms with Crippen molar-refractivity contribution in [3.63, 3.8) is 0 Å². The van der Waals surface area contributed by atoms with Crippen molar-refractivity contribution in [3.05, 3.63) is 59.7 Å². The Hall–Kier alpha value is -2.95. The van der Waals surface area contributed by atoms with Crippen LogP contribution in [0.25, 0.3) is 0 Å². The molecule has 2 amide bonds. The molecule has 0 aromatic heterocycles. The second kappa shape index (κ2) is 8.06. The Kier molecular flexibility index (Phi) is 5.84. The predicted octanol–water partition coefficient (Wildman–Crippen LogP) is 3.15. The first-order chi connectivity index (χ1) is 11.4. The SMILES string of the molecule is CC(=O)CC(=O)Nc1ccc(Cc2ccc(NC(C)=O)cc2)cc1. The van der Waals surface area contributed by atoms with Gasteiger partial charge in [0.1, 0.15) is 5.78 Å². The van der Waals surface area contributed by atoms with Gasteiger partial charge in [-0.2, -0.15) is 0 Å². The van der Waals surface area contributed by atoms with E-state index in [1.54, 1.807) is 0 Å². The molecule has 0 aliphatic rings. The Balaban J connectivity index is 1.95. The summed E-state index contributed by atoms with van der Waals surface area (Å²) in [7, 11) is 0. The summed E-state index contributed by atoms with van der Waals surface area (Å²) >= 11 is 0. The summed E-state index contributed by atoms with van der Waals surface area (Å²) in [5.41, 5.74) is 3.67. The maximum absolute atomic E-state index is 11.5. The predicted molar refractivity (Wildman–Crippen MR) is 93.9 cm³/mol. The van der Waals surface area contributed by atoms with Gasteiger partial charge in [-0.25, -0.2) is 0 Å². The lowest BCUT2D eigenvalue weighted by molar-refractivity contribution is -0.124. The molecule has 0 radical (unpaired) electrons. The van der Waals surface area contributed by atoms with Crippen LogP contribution in [0.5, 0.6) is 0 Å². The van der Waals surface area contributed by atoms with E-state index in [-0.39, 0.29) is 24.0 Å². The maximum atomic E-state index is 11.5. The van der Waals surface area contributed by atoms with Crippen molar-refractivity contribution in [1.82, 2.24) is 0 Å². The zero-order valence-corrected chi connectivity index (χ0v) is 13.8. The van der Waals surface area contributed by atoms with Crippen LogP contribution in [0.2, 0.25) is 0 Å². The summed E-state index contributed by atoms with van der Waals surface area (Å²) in [5.74, 6) is -0.555. The lowest BCUT2D eigenvalue weighted by Crippen LogP contribution is -2.14. The van der Waals surface area contributed by atoms with Crippen LogP contribution in [0.4, 0.5) is 11.4 Å². The number of carbonyl (C=O) groups is 3. The highest BCUT2D eigenvalue weighted by atomic mass is 16.2. The fourth-order valence-corrected chi connectivity index (χ4v) is 2.28. The average molecular weight is 324 g/mol. The van der Waals surface area contributed by atoms with Gasteiger partial charge in [-0.15, -0.1) is 0 Å². The van der Waals surface area contributed by atoms with Crippen LogP contribution in [0, 0.1) is 0 Å². The van der Waals surface area contributed by atoms with Gasteiger partial charge < -0.3 is 10.6 Å². The first kappa shape index (κ1) is 17.4. The Labute approximate surface area is 141 Å². The molecule has 2 aromatic carbocycles. The van der Waals surface area contributed by atoms with Crippen molar-refractivity contribution < 1.29 is 14.4 Å². The molecule has 0 unspecified atom stereocenters. The van der Waals surface area contributed by atoms with Crippen LogP contribution in [0.3, 0.4) is 0 Å². The largest absolute Gasteiger partial charge is 0.326 e. The Morgan fingerprint density at radius 1 is 0.750 bits per heavy atom. The fraction of sp³-hybridized carbons (Fsp3) is 0.211. The van der Waals surface area contributed by atoms with Crippen molar-refractivity contribution in [2.24, 2.45) is 0 Å². The van der Waals surface area contributed by atoms with Crippen LogP contribution in [-0.4, -0.2) is 17.6 Å². The quantitative estimate of drug-likeness (QED) is 0.802. The smallest absolute Gasteiger partial charge is 0.231 e. The Morgan fingerprint density at radius 3 is 1.62 bits per heavy atom. The molecule has 0 atom stereocenters. The van der Waals surface area contributed by atoms with Crippen LogP contribution >= 0.6 is 0 Å². The number of Topliss-reactive ketones (excluding diaryl/α,β-unsaturated/α-hetero) is 1. The van der Waals surface area contributed by atoms with Crippen LogP contribution < -0.4 is 10.6 Å². The molecule has 0 saturated carbocycles. The van der Waals surface area contributed by atoms with E-state index in [0.717, 1.165) is 23.2 Å². The summed E-state index contributed by atoms with van der Waals surface area (Å²) in [6.07, 6.45) is 0.643. The third kappa shape index (κ3) is 5.68. The molecule has 2 N–H and O–H groups in total. The third-order valence-corrected chi connectivity index (χ3v) is 3.33. The van der Waals surface area contributed by atoms with Crippen molar-refractivity contribution >= 4 is 29.0 Å². The van der Waals surface area contributed by atoms with Gasteiger partial charge in [0, 0.05) is 18.3 Å². The molecule has 124 valence electrons. The van der Waals surface area contributed by atoms with Gasteiger partial charge in [-0.3, -0.25) is 14.4 Å². The summed E-state index contributed by atoms with van der Waals surface area (Å²) < 4.78 is 0. The van der Waals surface area contributed by atoms with E-state index in [9.17, 15) is 14.4 Å². The van der Waals surface area contributed by atoms with E-state index in [2.05, 4.69) is 10.6 Å². The molecular formula is C19H20N2O3. The molecule has 0 fully saturated rings. The van der Waals surface area contributed by atoms with Crippen LogP contribution in [0.15, 0.2) is 48.5 Å². The topological polar surface area (TPSA) is 75.3 Å². The van der Waals surface area contributed by atoms with E-state index >= 15 is 0 Å². The first-order valence-corrected chi connectivity index (χ1v) is 7.67. The zero-order chi connectivity index (χ0) is 17.5. The van der Waals surface area contributed by atoms with E-state index in [1.165, 1.54) is 13.8 Å². The number of hydrogen-bond donors (Lipinski definition) is 2. The van der Waals surface area contributed by atoms with Crippen molar-refractivity contribution in [3.8, 4) is 0 Å². The van der Waals surface area contributed by atoms with Gasteiger partial charge in [0.25, 0.3) is 0 Å². The van der Waals surface area contributed by atoms with Gasteiger partial charge in [0.05, 0.1) is 6.42 Å². The van der Waals surface area contributed by atoms with E-state index in [4.69, 9.17) is 0 Å². The van der Waals surface area contributed by atoms with Crippen LogP contribution in [0.1, 0.15) is 31.4 Å². The standard InChI is InChI=1S/C19H20N2O3/c1-13(22)11-19(24)21-18-9-5-16(6-10-18)12-15-3-7-17(8-4-15)20-14(2)23/h3-10H,11-12H2,1-2H3,(H,20,23)(H,21,24). The van der Waals surface area contributed by atoms with Gasteiger partial charge in [-0.1, -0.05) is 24.3 Å². The van der Waals surface area contributed by atoms with Gasteiger partial charge >= 0.3 is 0 Å². The summed E-state index contributed by atoms with van der Waals surface area (Å²) in [6.45, 7) is 2.87. The lowest BCUT2D eigenvalue weighted by atomic mass is 10.0. The highest BCUT2D eigenvalue weighted by Gasteiger charge is 2.05. The van der Waals surface area contributed by atoms with Crippen molar-refractivity contribution in [2.45, 2.75) is 26.7 Å². The lowest BCUT2D eigenvalue weighted by Gasteiger charge is -2.07. The Bertz CT molecular complexity index is 734. The average Bonchev–Trinajstić information content (AvgIpc) is 2.50. The summed E-state index contributed by atoms with van der Waals surface area (Å²) in [5, 5.41) is 5.42. The van der Waals surface area contributed by atoms with E-state index < -0.39 is 0 Å². The second-order valence-corrected chi connectivity index (χ2v) is 5.68. The molecule has 0 spiro atoms. The highest BCUT2D eigenvalue weighted by molar-refractivity contribution is 6.03. The number of amides is 2. The van der Waals surface area contributed by atoms with Crippen LogP contribution in [-0.2, 0) is 20.8 Å². The summed E-state index contributed by atoms with van der Waals surface area (Å²) in [4.78, 5) is 33.4. The minimum Gasteiger partial charge on any atom is -0.326 e. The van der Waals surface area contributed by atoms with Gasteiger partial charge in [-0.05, 0) is 48.7 Å². The molecule has 24 heavy (non-hydrogen) atoms.